The van der Waals surface area contributed by atoms with Gasteiger partial charge < -0.3 is 5.32 Å². The van der Waals surface area contributed by atoms with Gasteiger partial charge in [-0.2, -0.15) is 0 Å². The van der Waals surface area contributed by atoms with Gasteiger partial charge in [-0.15, -0.1) is 0 Å². The van der Waals surface area contributed by atoms with Gasteiger partial charge in [0.05, 0.1) is 0 Å². The predicted octanol–water partition coefficient (Wildman–Crippen LogP) is 2.38. The van der Waals surface area contributed by atoms with Crippen LogP contribution in [0.1, 0.15) is 28.8 Å². The van der Waals surface area contributed by atoms with Gasteiger partial charge in [0.15, 0.2) is 5.78 Å². The summed E-state index contributed by atoms with van der Waals surface area (Å²) >= 11 is 0. The number of benzene rings is 1. The van der Waals surface area contributed by atoms with Crippen LogP contribution in [0.15, 0.2) is 18.2 Å². The van der Waals surface area contributed by atoms with E-state index in [1.165, 1.54) is 0 Å². The van der Waals surface area contributed by atoms with Crippen LogP contribution in [0.25, 0.3) is 0 Å². The molecular weight excluding hydrogens is 162 g/mol. The highest BCUT2D eigenvalue weighted by atomic mass is 16.1. The van der Waals surface area contributed by atoms with Crippen molar-refractivity contribution in [3.8, 4) is 0 Å². The summed E-state index contributed by atoms with van der Waals surface area (Å²) in [6.45, 7) is 2.89. The molecule has 13 heavy (non-hydrogen) atoms. The van der Waals surface area contributed by atoms with Gasteiger partial charge in [0.2, 0.25) is 0 Å². The standard InChI is InChI=1S/C11H13NO/c1-8-4-2-5-9-11(8)10(13)6-3-7-12-9/h2,4-5,12H,3,6-7H2,1H3. The lowest BCUT2D eigenvalue weighted by atomic mass is 10.0. The van der Waals surface area contributed by atoms with Crippen molar-refractivity contribution in [2.75, 3.05) is 11.9 Å². The summed E-state index contributed by atoms with van der Waals surface area (Å²) in [6.07, 6.45) is 1.61. The van der Waals surface area contributed by atoms with Gasteiger partial charge in [-0.1, -0.05) is 12.1 Å². The van der Waals surface area contributed by atoms with Crippen molar-refractivity contribution in [2.45, 2.75) is 19.8 Å². The number of hydrogen-bond donors (Lipinski definition) is 1. The molecule has 1 N–H and O–H groups in total. The monoisotopic (exact) mass is 175 g/mol. The van der Waals surface area contributed by atoms with Crippen LogP contribution in [-0.4, -0.2) is 12.3 Å². The van der Waals surface area contributed by atoms with Crippen LogP contribution in [0.3, 0.4) is 0 Å². The summed E-state index contributed by atoms with van der Waals surface area (Å²) in [6, 6.07) is 5.95. The second-order valence-corrected chi connectivity index (χ2v) is 3.45. The van der Waals surface area contributed by atoms with Gasteiger partial charge in [0.1, 0.15) is 0 Å². The molecule has 0 aliphatic carbocycles. The average molecular weight is 175 g/mol. The lowest BCUT2D eigenvalue weighted by Crippen LogP contribution is -2.02. The minimum Gasteiger partial charge on any atom is -0.384 e. The highest BCUT2D eigenvalue weighted by molar-refractivity contribution is 6.03. The van der Waals surface area contributed by atoms with Crippen molar-refractivity contribution < 1.29 is 4.79 Å². The topological polar surface area (TPSA) is 29.1 Å². The van der Waals surface area contributed by atoms with Crippen molar-refractivity contribution >= 4 is 11.5 Å². The fraction of sp³-hybridized carbons (Fsp3) is 0.364. The summed E-state index contributed by atoms with van der Waals surface area (Å²) in [5.41, 5.74) is 2.97. The smallest absolute Gasteiger partial charge is 0.165 e. The maximum atomic E-state index is 11.7. The zero-order valence-electron chi connectivity index (χ0n) is 7.76. The average Bonchev–Trinajstić information content (AvgIpc) is 2.29. The van der Waals surface area contributed by atoms with E-state index in [0.717, 1.165) is 29.8 Å². The highest BCUT2D eigenvalue weighted by Gasteiger charge is 2.16. The minimum atomic E-state index is 0.276. The van der Waals surface area contributed by atoms with Crippen LogP contribution in [0.4, 0.5) is 5.69 Å². The molecule has 1 aliphatic rings. The third-order valence-electron chi connectivity index (χ3n) is 2.45. The SMILES string of the molecule is Cc1cccc2c1C(=O)CCCN2. The number of ketones is 1. The van der Waals surface area contributed by atoms with Crippen LogP contribution in [-0.2, 0) is 0 Å². The molecule has 0 atom stereocenters. The van der Waals surface area contributed by atoms with Crippen molar-refractivity contribution in [3.63, 3.8) is 0 Å². The Hall–Kier alpha value is -1.31. The summed E-state index contributed by atoms with van der Waals surface area (Å²) in [5.74, 6) is 0.276. The largest absolute Gasteiger partial charge is 0.384 e. The second kappa shape index (κ2) is 3.21. The molecule has 2 heteroatoms. The van der Waals surface area contributed by atoms with Crippen LogP contribution in [0, 0.1) is 6.92 Å². The van der Waals surface area contributed by atoms with E-state index in [2.05, 4.69) is 5.32 Å². The van der Waals surface area contributed by atoms with Gasteiger partial charge in [0, 0.05) is 24.2 Å². The molecule has 1 aliphatic heterocycles. The molecule has 68 valence electrons. The van der Waals surface area contributed by atoms with Crippen molar-refractivity contribution in [1.29, 1.82) is 0 Å². The first kappa shape index (κ1) is 8.30. The van der Waals surface area contributed by atoms with E-state index in [1.807, 2.05) is 25.1 Å². The number of fused-ring (bicyclic) bond motifs is 1. The molecule has 1 heterocycles. The Morgan fingerprint density at radius 2 is 2.23 bits per heavy atom. The molecular formula is C11H13NO. The van der Waals surface area contributed by atoms with Crippen LogP contribution < -0.4 is 5.32 Å². The quantitative estimate of drug-likeness (QED) is 0.656. The molecule has 0 spiro atoms. The Labute approximate surface area is 78.0 Å². The molecule has 1 aromatic rings. The molecule has 0 saturated carbocycles. The molecule has 1 aromatic carbocycles. The number of nitrogens with one attached hydrogen (secondary N) is 1. The Bertz CT molecular complexity index is 344. The van der Waals surface area contributed by atoms with Gasteiger partial charge in [-0.3, -0.25) is 4.79 Å². The van der Waals surface area contributed by atoms with E-state index in [-0.39, 0.29) is 5.78 Å². The van der Waals surface area contributed by atoms with Gasteiger partial charge in [-0.25, -0.2) is 0 Å². The van der Waals surface area contributed by atoms with Crippen molar-refractivity contribution in [1.82, 2.24) is 0 Å². The number of hydrogen-bond acceptors (Lipinski definition) is 2. The van der Waals surface area contributed by atoms with Crippen LogP contribution in [0.2, 0.25) is 0 Å². The Balaban J connectivity index is 2.55. The van der Waals surface area contributed by atoms with Gasteiger partial charge >= 0.3 is 0 Å². The highest BCUT2D eigenvalue weighted by Crippen LogP contribution is 2.24. The molecule has 0 unspecified atom stereocenters. The van der Waals surface area contributed by atoms with Crippen molar-refractivity contribution in [3.05, 3.63) is 29.3 Å². The Morgan fingerprint density at radius 1 is 1.38 bits per heavy atom. The molecule has 2 nitrogen and oxygen atoms in total. The lowest BCUT2D eigenvalue weighted by Gasteiger charge is -2.08. The predicted molar refractivity (Wildman–Crippen MR) is 53.2 cm³/mol. The molecule has 0 aromatic heterocycles. The first-order chi connectivity index (χ1) is 6.29. The lowest BCUT2D eigenvalue weighted by molar-refractivity contribution is 0.0983. The van der Waals surface area contributed by atoms with E-state index in [0.29, 0.717) is 6.42 Å². The number of anilines is 1. The van der Waals surface area contributed by atoms with E-state index < -0.39 is 0 Å². The van der Waals surface area contributed by atoms with E-state index in [4.69, 9.17) is 0 Å². The molecule has 0 radical (unpaired) electrons. The van der Waals surface area contributed by atoms with Crippen molar-refractivity contribution in [2.24, 2.45) is 0 Å². The molecule has 0 amide bonds. The summed E-state index contributed by atoms with van der Waals surface area (Å²) in [7, 11) is 0. The van der Waals surface area contributed by atoms with Gasteiger partial charge in [0.25, 0.3) is 0 Å². The molecule has 0 fully saturated rings. The Morgan fingerprint density at radius 3 is 3.08 bits per heavy atom. The zero-order chi connectivity index (χ0) is 9.26. The Kier molecular flexibility index (Phi) is 2.05. The van der Waals surface area contributed by atoms with E-state index in [1.54, 1.807) is 0 Å². The summed E-state index contributed by atoms with van der Waals surface area (Å²) in [5, 5.41) is 3.28. The first-order valence-corrected chi connectivity index (χ1v) is 4.66. The maximum absolute atomic E-state index is 11.7. The van der Waals surface area contributed by atoms with E-state index >= 15 is 0 Å². The second-order valence-electron chi connectivity index (χ2n) is 3.45. The number of rotatable bonds is 0. The normalized spacial score (nSPS) is 15.9. The number of Topliss-reactive ketones (excluding diaryl/α,β-unsaturated/α-hetero) is 1. The van der Waals surface area contributed by atoms with E-state index in [9.17, 15) is 4.79 Å². The van der Waals surface area contributed by atoms with Crippen LogP contribution >= 0.6 is 0 Å². The first-order valence-electron chi connectivity index (χ1n) is 4.66. The maximum Gasteiger partial charge on any atom is 0.165 e. The zero-order valence-corrected chi connectivity index (χ0v) is 7.76. The molecule has 2 rings (SSSR count). The molecule has 0 bridgehead atoms. The number of carbonyl (C=O) groups is 1. The third-order valence-corrected chi connectivity index (χ3v) is 2.45. The molecule has 0 saturated heterocycles. The third kappa shape index (κ3) is 1.44. The summed E-state index contributed by atoms with van der Waals surface area (Å²) in [4.78, 5) is 11.7. The summed E-state index contributed by atoms with van der Waals surface area (Å²) < 4.78 is 0. The van der Waals surface area contributed by atoms with Crippen LogP contribution in [0.5, 0.6) is 0 Å². The fourth-order valence-electron chi connectivity index (χ4n) is 1.78. The van der Waals surface area contributed by atoms with Gasteiger partial charge in [-0.05, 0) is 25.0 Å². The fourth-order valence-corrected chi connectivity index (χ4v) is 1.78. The minimum absolute atomic E-state index is 0.276. The number of carbonyl (C=O) groups excluding carboxylic acids is 1. The number of aryl methyl sites for hydroxylation is 1.